The van der Waals surface area contributed by atoms with Crippen LogP contribution in [0.5, 0.6) is 0 Å². The van der Waals surface area contributed by atoms with Gasteiger partial charge in [-0.25, -0.2) is 4.39 Å². The molecule has 1 spiro atoms. The van der Waals surface area contributed by atoms with Crippen LogP contribution in [0.1, 0.15) is 95.2 Å². The minimum Gasteiger partial charge on any atom is -0.480 e. The predicted octanol–water partition coefficient (Wildman–Crippen LogP) is 6.80. The van der Waals surface area contributed by atoms with Gasteiger partial charge in [0.2, 0.25) is 0 Å². The van der Waals surface area contributed by atoms with E-state index in [2.05, 4.69) is 35.7 Å². The topological polar surface area (TPSA) is 70.4 Å². The maximum Gasteiger partial charge on any atom is 0.320 e. The van der Waals surface area contributed by atoms with Crippen LogP contribution >= 0.6 is 37.2 Å². The molecular weight excluding hydrogens is 598 g/mol. The van der Waals surface area contributed by atoms with Crippen molar-refractivity contribution in [2.45, 2.75) is 109 Å². The number of aliphatic carboxylic acids is 1. The highest BCUT2D eigenvalue weighted by atomic mass is 35.5. The van der Waals surface area contributed by atoms with Crippen molar-refractivity contribution in [1.82, 2.24) is 20.0 Å². The van der Waals surface area contributed by atoms with Crippen molar-refractivity contribution in [3.05, 3.63) is 52.6 Å². The molecule has 1 aliphatic heterocycles. The van der Waals surface area contributed by atoms with E-state index in [-0.39, 0.29) is 65.8 Å². The molecule has 0 radical (unpaired) electrons. The standard InChI is InChI=1S/C32H47FN4O2.3ClH/c1-6-27-25-11-12-32(29(25)37(7-2)35-27)13-15-36(16-14-32)20-23-18-31(5,34-28(21(3)4)30(38)39)19-26(23)22-9-8-10-24(33)17-22;;;/h8-10,17,21,23,26,28,34H,6-7,11-16,18-20H2,1-5H3,(H,38,39);3*1H/t23-,26-,28-,31+;;;/m1.../s1. The zero-order valence-electron chi connectivity index (χ0n) is 25.7. The molecule has 2 aromatic rings. The van der Waals surface area contributed by atoms with Crippen LogP contribution in [0.4, 0.5) is 4.39 Å². The number of carbonyl (C=O) groups is 1. The van der Waals surface area contributed by atoms with Gasteiger partial charge in [-0.15, -0.1) is 37.2 Å². The molecule has 2 heterocycles. The number of aryl methyl sites for hydroxylation is 2. The number of carboxylic acid groups (broad SMARTS) is 1. The number of aromatic nitrogens is 2. The summed E-state index contributed by atoms with van der Waals surface area (Å²) in [4.78, 5) is 14.6. The minimum absolute atomic E-state index is 0. The maximum absolute atomic E-state index is 14.3. The van der Waals surface area contributed by atoms with Crippen LogP contribution in [0.3, 0.4) is 0 Å². The molecule has 2 aliphatic carbocycles. The number of nitrogens with one attached hydrogen (secondary N) is 1. The van der Waals surface area contributed by atoms with Gasteiger partial charge in [0.05, 0.1) is 5.69 Å². The molecule has 0 unspecified atom stereocenters. The van der Waals surface area contributed by atoms with Crippen molar-refractivity contribution in [2.24, 2.45) is 11.8 Å². The Hall–Kier alpha value is -1.38. The van der Waals surface area contributed by atoms with E-state index in [4.69, 9.17) is 5.10 Å². The minimum atomic E-state index is -0.799. The van der Waals surface area contributed by atoms with E-state index >= 15 is 0 Å². The highest BCUT2D eigenvalue weighted by Crippen LogP contribution is 2.49. The van der Waals surface area contributed by atoms with Gasteiger partial charge in [-0.05, 0) is 113 Å². The summed E-state index contributed by atoms with van der Waals surface area (Å²) < 4.78 is 16.6. The Labute approximate surface area is 269 Å². The Morgan fingerprint density at radius 1 is 1.14 bits per heavy atom. The van der Waals surface area contributed by atoms with E-state index in [0.717, 1.165) is 70.3 Å². The Morgan fingerprint density at radius 2 is 1.83 bits per heavy atom. The van der Waals surface area contributed by atoms with Gasteiger partial charge in [-0.1, -0.05) is 32.9 Å². The first-order chi connectivity index (χ1) is 18.6. The summed E-state index contributed by atoms with van der Waals surface area (Å²) in [5, 5.41) is 18.3. The highest BCUT2D eigenvalue weighted by Gasteiger charge is 2.48. The van der Waals surface area contributed by atoms with Crippen LogP contribution in [0.2, 0.25) is 0 Å². The van der Waals surface area contributed by atoms with E-state index in [0.29, 0.717) is 5.92 Å². The zero-order chi connectivity index (χ0) is 27.9. The number of fused-ring (bicyclic) bond motifs is 2. The molecule has 1 aromatic heterocycles. The smallest absolute Gasteiger partial charge is 0.320 e. The van der Waals surface area contributed by atoms with Crippen LogP contribution in [0.25, 0.3) is 0 Å². The quantitative estimate of drug-likeness (QED) is 0.313. The molecule has 6 nitrogen and oxygen atoms in total. The van der Waals surface area contributed by atoms with Gasteiger partial charge >= 0.3 is 5.97 Å². The van der Waals surface area contributed by atoms with Crippen molar-refractivity contribution in [2.75, 3.05) is 19.6 Å². The van der Waals surface area contributed by atoms with Crippen molar-refractivity contribution in [3.63, 3.8) is 0 Å². The molecule has 1 saturated heterocycles. The SMILES string of the molecule is CCc1nn(CC)c2c1CCC21CCN(C[C@H]2C[C@](C)(N[C@@H](C(=O)O)C(C)C)C[C@@H]2c2cccc(F)c2)CC1.Cl.Cl.Cl. The molecule has 0 bridgehead atoms. The first-order valence-electron chi connectivity index (χ1n) is 15.2. The van der Waals surface area contributed by atoms with Crippen molar-refractivity contribution in [1.29, 1.82) is 0 Å². The lowest BCUT2D eigenvalue weighted by Crippen LogP contribution is -2.52. The molecule has 2 fully saturated rings. The second-order valence-electron chi connectivity index (χ2n) is 13.1. The van der Waals surface area contributed by atoms with Gasteiger partial charge in [0.25, 0.3) is 0 Å². The summed E-state index contributed by atoms with van der Waals surface area (Å²) in [5.74, 6) is -0.471. The number of hydrogen-bond donors (Lipinski definition) is 2. The molecule has 1 saturated carbocycles. The average molecular weight is 648 g/mol. The average Bonchev–Trinajstić information content (AvgIpc) is 3.55. The normalized spacial score (nSPS) is 25.4. The third-order valence-corrected chi connectivity index (χ3v) is 10.1. The molecule has 4 atom stereocenters. The lowest BCUT2D eigenvalue weighted by molar-refractivity contribution is -0.141. The maximum atomic E-state index is 14.3. The summed E-state index contributed by atoms with van der Waals surface area (Å²) in [7, 11) is 0. The first-order valence-corrected chi connectivity index (χ1v) is 15.2. The Bertz CT molecular complexity index is 1200. The highest BCUT2D eigenvalue weighted by molar-refractivity contribution is 5.86. The number of hydrogen-bond acceptors (Lipinski definition) is 4. The lowest BCUT2D eigenvalue weighted by atomic mass is 9.75. The van der Waals surface area contributed by atoms with Gasteiger partial charge in [0, 0.05) is 29.7 Å². The Kier molecular flexibility index (Phi) is 12.8. The van der Waals surface area contributed by atoms with Crippen LogP contribution in [0, 0.1) is 17.7 Å². The van der Waals surface area contributed by atoms with Gasteiger partial charge in [-0.3, -0.25) is 14.8 Å². The van der Waals surface area contributed by atoms with E-state index in [1.165, 1.54) is 29.4 Å². The monoisotopic (exact) mass is 646 g/mol. The largest absolute Gasteiger partial charge is 0.480 e. The second kappa shape index (κ2) is 14.6. The summed E-state index contributed by atoms with van der Waals surface area (Å²) in [6.45, 7) is 14.5. The zero-order valence-corrected chi connectivity index (χ0v) is 28.1. The number of halogens is 4. The van der Waals surface area contributed by atoms with Gasteiger partial charge in [0.15, 0.2) is 0 Å². The number of carboxylic acids is 1. The molecule has 5 rings (SSSR count). The number of benzene rings is 1. The molecule has 3 aliphatic rings. The third-order valence-electron chi connectivity index (χ3n) is 10.1. The third kappa shape index (κ3) is 7.12. The number of likely N-dealkylation sites (tertiary alicyclic amines) is 1. The van der Waals surface area contributed by atoms with Crippen LogP contribution in [-0.2, 0) is 29.6 Å². The summed E-state index contributed by atoms with van der Waals surface area (Å²) in [5.41, 5.74) is 5.32. The summed E-state index contributed by atoms with van der Waals surface area (Å²) in [6.07, 6.45) is 7.43. The van der Waals surface area contributed by atoms with Gasteiger partial charge in [0.1, 0.15) is 11.9 Å². The molecule has 1 aromatic carbocycles. The van der Waals surface area contributed by atoms with Crippen molar-refractivity contribution >= 4 is 43.2 Å². The number of nitrogens with zero attached hydrogens (tertiary/aromatic N) is 3. The van der Waals surface area contributed by atoms with Gasteiger partial charge in [-0.2, -0.15) is 5.10 Å². The molecule has 2 N–H and O–H groups in total. The molecule has 238 valence electrons. The van der Waals surface area contributed by atoms with E-state index in [9.17, 15) is 14.3 Å². The number of piperidine rings is 1. The van der Waals surface area contributed by atoms with E-state index in [1.807, 2.05) is 26.0 Å². The first kappa shape index (κ1) is 36.8. The summed E-state index contributed by atoms with van der Waals surface area (Å²) in [6, 6.07) is 6.46. The molecule has 10 heteroatoms. The lowest BCUT2D eigenvalue weighted by Gasteiger charge is -2.41. The molecule has 0 amide bonds. The Morgan fingerprint density at radius 3 is 2.40 bits per heavy atom. The number of rotatable bonds is 9. The fourth-order valence-corrected chi connectivity index (χ4v) is 8.16. The van der Waals surface area contributed by atoms with Crippen molar-refractivity contribution < 1.29 is 14.3 Å². The fraction of sp³-hybridized carbons (Fsp3) is 0.688. The van der Waals surface area contributed by atoms with Crippen molar-refractivity contribution in [3.8, 4) is 0 Å². The fourth-order valence-electron chi connectivity index (χ4n) is 8.16. The van der Waals surface area contributed by atoms with Crippen LogP contribution in [0.15, 0.2) is 24.3 Å². The van der Waals surface area contributed by atoms with Gasteiger partial charge < -0.3 is 10.0 Å². The van der Waals surface area contributed by atoms with E-state index < -0.39 is 12.0 Å². The van der Waals surface area contributed by atoms with E-state index in [1.54, 1.807) is 6.07 Å². The Balaban J connectivity index is 0.00000205. The van der Waals surface area contributed by atoms with Crippen LogP contribution < -0.4 is 5.32 Å². The molecular formula is C32H50Cl3FN4O2. The van der Waals surface area contributed by atoms with Crippen LogP contribution in [-0.4, -0.2) is 57.0 Å². The predicted molar refractivity (Wildman–Crippen MR) is 174 cm³/mol. The molecule has 42 heavy (non-hydrogen) atoms. The second-order valence-corrected chi connectivity index (χ2v) is 13.1. The summed E-state index contributed by atoms with van der Waals surface area (Å²) >= 11 is 0.